The predicted octanol–water partition coefficient (Wildman–Crippen LogP) is 4.25. The number of para-hydroxylation sites is 1. The van der Waals surface area contributed by atoms with Crippen LogP contribution < -0.4 is 4.90 Å². The SMILES string of the molecule is CCN(CCCC(=O)CCCCCS(=O)(=O)C(C)C)c1ccccc1. The van der Waals surface area contributed by atoms with Crippen LogP contribution in [-0.4, -0.2) is 38.3 Å². The van der Waals surface area contributed by atoms with Crippen molar-refractivity contribution in [2.75, 3.05) is 23.7 Å². The van der Waals surface area contributed by atoms with Gasteiger partial charge < -0.3 is 4.90 Å². The maximum absolute atomic E-state index is 12.0. The zero-order valence-electron chi connectivity index (χ0n) is 15.9. The summed E-state index contributed by atoms with van der Waals surface area (Å²) in [5.74, 6) is 0.525. The average Bonchev–Trinajstić information content (AvgIpc) is 2.59. The van der Waals surface area contributed by atoms with E-state index in [1.807, 2.05) is 18.2 Å². The van der Waals surface area contributed by atoms with Gasteiger partial charge in [0.25, 0.3) is 0 Å². The number of benzene rings is 1. The third kappa shape index (κ3) is 8.52. The third-order valence-corrected chi connectivity index (χ3v) is 6.78. The second kappa shape index (κ2) is 11.3. The third-order valence-electron chi connectivity index (χ3n) is 4.49. The van der Waals surface area contributed by atoms with E-state index >= 15 is 0 Å². The largest absolute Gasteiger partial charge is 0.372 e. The standard InChI is InChI=1S/C20H33NO3S/c1-4-21(19-12-7-5-8-13-19)16-11-15-20(22)14-9-6-10-17-25(23,24)18(2)3/h5,7-8,12-13,18H,4,6,9-11,14-17H2,1-3H3. The maximum Gasteiger partial charge on any atom is 0.152 e. The van der Waals surface area contributed by atoms with Gasteiger partial charge in [0.1, 0.15) is 5.78 Å². The van der Waals surface area contributed by atoms with Gasteiger partial charge in [0.05, 0.1) is 11.0 Å². The van der Waals surface area contributed by atoms with Crippen LogP contribution in [0.2, 0.25) is 0 Å². The molecule has 0 aliphatic rings. The summed E-state index contributed by atoms with van der Waals surface area (Å²) < 4.78 is 23.4. The van der Waals surface area contributed by atoms with Crippen molar-refractivity contribution in [1.29, 1.82) is 0 Å². The van der Waals surface area contributed by atoms with Crippen LogP contribution in [0, 0.1) is 0 Å². The first-order valence-electron chi connectivity index (χ1n) is 9.40. The normalized spacial score (nSPS) is 11.7. The summed E-state index contributed by atoms with van der Waals surface area (Å²) in [5.41, 5.74) is 1.20. The minimum Gasteiger partial charge on any atom is -0.372 e. The fourth-order valence-electron chi connectivity index (χ4n) is 2.74. The number of anilines is 1. The number of unbranched alkanes of at least 4 members (excludes halogenated alkanes) is 2. The number of carbonyl (C=O) groups is 1. The van der Waals surface area contributed by atoms with Crippen molar-refractivity contribution in [2.24, 2.45) is 0 Å². The molecule has 0 unspecified atom stereocenters. The molecular weight excluding hydrogens is 334 g/mol. The molecule has 0 amide bonds. The Bertz CT molecular complexity index is 597. The van der Waals surface area contributed by atoms with Crippen molar-refractivity contribution in [3.05, 3.63) is 30.3 Å². The van der Waals surface area contributed by atoms with Gasteiger partial charge in [-0.2, -0.15) is 0 Å². The second-order valence-electron chi connectivity index (χ2n) is 6.78. The summed E-state index contributed by atoms with van der Waals surface area (Å²) in [6.45, 7) is 7.38. The van der Waals surface area contributed by atoms with Gasteiger partial charge in [0.2, 0.25) is 0 Å². The summed E-state index contributed by atoms with van der Waals surface area (Å²) in [6.07, 6.45) is 4.30. The molecule has 0 aromatic heterocycles. The molecule has 1 rings (SSSR count). The molecule has 0 heterocycles. The minimum absolute atomic E-state index is 0.237. The van der Waals surface area contributed by atoms with Gasteiger partial charge in [-0.15, -0.1) is 0 Å². The van der Waals surface area contributed by atoms with Crippen molar-refractivity contribution in [3.8, 4) is 0 Å². The molecular formula is C20H33NO3S. The van der Waals surface area contributed by atoms with Crippen molar-refractivity contribution in [1.82, 2.24) is 0 Å². The van der Waals surface area contributed by atoms with Crippen molar-refractivity contribution in [2.45, 2.75) is 64.5 Å². The molecule has 0 bridgehead atoms. The molecule has 0 aliphatic heterocycles. The van der Waals surface area contributed by atoms with Gasteiger partial charge in [-0.1, -0.05) is 24.6 Å². The highest BCUT2D eigenvalue weighted by atomic mass is 32.2. The zero-order valence-corrected chi connectivity index (χ0v) is 16.7. The fourth-order valence-corrected chi connectivity index (χ4v) is 3.82. The van der Waals surface area contributed by atoms with Gasteiger partial charge in [0.15, 0.2) is 9.84 Å². The van der Waals surface area contributed by atoms with Gasteiger partial charge in [-0.05, 0) is 52.2 Å². The molecule has 1 aromatic rings. The molecule has 142 valence electrons. The Hall–Kier alpha value is -1.36. The Morgan fingerprint density at radius 1 is 1.00 bits per heavy atom. The zero-order chi connectivity index (χ0) is 18.7. The lowest BCUT2D eigenvalue weighted by Gasteiger charge is -2.22. The molecule has 0 atom stereocenters. The highest BCUT2D eigenvalue weighted by Crippen LogP contribution is 2.14. The van der Waals surface area contributed by atoms with E-state index in [9.17, 15) is 13.2 Å². The Morgan fingerprint density at radius 3 is 2.24 bits per heavy atom. The molecule has 25 heavy (non-hydrogen) atoms. The minimum atomic E-state index is -2.94. The molecule has 0 saturated carbocycles. The average molecular weight is 368 g/mol. The first kappa shape index (κ1) is 21.7. The first-order chi connectivity index (χ1) is 11.9. The van der Waals surface area contributed by atoms with E-state index in [2.05, 4.69) is 24.0 Å². The number of Topliss-reactive ketones (excluding diaryl/α,β-unsaturated/α-hetero) is 1. The van der Waals surface area contributed by atoms with Gasteiger partial charge in [-0.25, -0.2) is 8.42 Å². The lowest BCUT2D eigenvalue weighted by Crippen LogP contribution is -2.24. The van der Waals surface area contributed by atoms with E-state index in [-0.39, 0.29) is 16.8 Å². The fraction of sp³-hybridized carbons (Fsp3) is 0.650. The smallest absolute Gasteiger partial charge is 0.152 e. The lowest BCUT2D eigenvalue weighted by atomic mass is 10.1. The van der Waals surface area contributed by atoms with Gasteiger partial charge in [-0.3, -0.25) is 4.79 Å². The monoisotopic (exact) mass is 367 g/mol. The van der Waals surface area contributed by atoms with Crippen LogP contribution >= 0.6 is 0 Å². The Labute approximate surface area is 153 Å². The van der Waals surface area contributed by atoms with E-state index in [1.54, 1.807) is 13.8 Å². The molecule has 0 radical (unpaired) electrons. The Balaban J connectivity index is 2.17. The van der Waals surface area contributed by atoms with Crippen molar-refractivity contribution >= 4 is 21.3 Å². The molecule has 1 aromatic carbocycles. The molecule has 0 saturated heterocycles. The summed E-state index contributed by atoms with van der Waals surface area (Å²) in [7, 11) is -2.94. The predicted molar refractivity (Wildman–Crippen MR) is 106 cm³/mol. The molecule has 0 spiro atoms. The molecule has 4 nitrogen and oxygen atoms in total. The molecule has 0 aliphatic carbocycles. The number of hydrogen-bond donors (Lipinski definition) is 0. The number of hydrogen-bond acceptors (Lipinski definition) is 4. The molecule has 5 heteroatoms. The second-order valence-corrected chi connectivity index (χ2v) is 9.46. The Morgan fingerprint density at radius 2 is 1.64 bits per heavy atom. The van der Waals surface area contributed by atoms with E-state index < -0.39 is 9.84 Å². The van der Waals surface area contributed by atoms with Crippen LogP contribution in [0.5, 0.6) is 0 Å². The van der Waals surface area contributed by atoms with Crippen LogP contribution in [-0.2, 0) is 14.6 Å². The van der Waals surface area contributed by atoms with E-state index in [1.165, 1.54) is 5.69 Å². The Kier molecular flexibility index (Phi) is 9.79. The van der Waals surface area contributed by atoms with E-state index in [0.29, 0.717) is 19.3 Å². The maximum atomic E-state index is 12.0. The van der Waals surface area contributed by atoms with Gasteiger partial charge in [0, 0.05) is 31.6 Å². The van der Waals surface area contributed by atoms with Crippen molar-refractivity contribution in [3.63, 3.8) is 0 Å². The van der Waals surface area contributed by atoms with Crippen LogP contribution in [0.1, 0.15) is 59.3 Å². The van der Waals surface area contributed by atoms with Gasteiger partial charge >= 0.3 is 0 Å². The number of carbonyl (C=O) groups excluding carboxylic acids is 1. The molecule has 0 fully saturated rings. The van der Waals surface area contributed by atoms with Crippen LogP contribution in [0.4, 0.5) is 5.69 Å². The quantitative estimate of drug-likeness (QED) is 0.489. The summed E-state index contributed by atoms with van der Waals surface area (Å²) in [6, 6.07) is 10.3. The van der Waals surface area contributed by atoms with Crippen LogP contribution in [0.15, 0.2) is 30.3 Å². The first-order valence-corrected chi connectivity index (χ1v) is 11.1. The summed E-state index contributed by atoms with van der Waals surface area (Å²) >= 11 is 0. The van der Waals surface area contributed by atoms with Crippen molar-refractivity contribution < 1.29 is 13.2 Å². The lowest BCUT2D eigenvalue weighted by molar-refractivity contribution is -0.119. The highest BCUT2D eigenvalue weighted by molar-refractivity contribution is 7.91. The molecule has 0 N–H and O–H groups in total. The number of rotatable bonds is 13. The number of ketones is 1. The topological polar surface area (TPSA) is 54.5 Å². The van der Waals surface area contributed by atoms with Crippen LogP contribution in [0.25, 0.3) is 0 Å². The van der Waals surface area contributed by atoms with E-state index in [4.69, 9.17) is 0 Å². The number of sulfone groups is 1. The summed E-state index contributed by atoms with van der Waals surface area (Å²) in [4.78, 5) is 14.3. The van der Waals surface area contributed by atoms with Crippen LogP contribution in [0.3, 0.4) is 0 Å². The number of nitrogens with zero attached hydrogens (tertiary/aromatic N) is 1. The summed E-state index contributed by atoms with van der Waals surface area (Å²) in [5, 5.41) is -0.305. The highest BCUT2D eigenvalue weighted by Gasteiger charge is 2.15. The van der Waals surface area contributed by atoms with E-state index in [0.717, 1.165) is 32.4 Å².